The smallest absolute Gasteiger partial charge is 0.331 e. The van der Waals surface area contributed by atoms with Crippen molar-refractivity contribution >= 4 is 22.6 Å². The highest BCUT2D eigenvalue weighted by atomic mass is 28.4. The van der Waals surface area contributed by atoms with Crippen LogP contribution in [-0.2, 0) is 18.4 Å². The fourth-order valence-corrected chi connectivity index (χ4v) is 6.27. The summed E-state index contributed by atoms with van der Waals surface area (Å²) in [6.07, 6.45) is 2.80. The third-order valence-electron chi connectivity index (χ3n) is 7.77. The van der Waals surface area contributed by atoms with Crippen molar-refractivity contribution in [1.82, 2.24) is 0 Å². The Hall–Kier alpha value is -0.766. The Balaban J connectivity index is 3.52. The molecule has 192 valence electrons. The summed E-state index contributed by atoms with van der Waals surface area (Å²) in [7, 11) is -4.28. The molecule has 0 aliphatic heterocycles. The first-order valence-corrected chi connectivity index (χ1v) is 18.2. The normalized spacial score (nSPS) is 24.3. The minimum absolute atomic E-state index is 0.00385. The summed E-state index contributed by atoms with van der Waals surface area (Å²) in [6.45, 7) is 28.3. The molecule has 1 saturated carbocycles. The number of alkyl halides is 1. The van der Waals surface area contributed by atoms with Gasteiger partial charge in [-0.1, -0.05) is 48.1 Å². The van der Waals surface area contributed by atoms with Crippen molar-refractivity contribution in [3.8, 4) is 0 Å². The van der Waals surface area contributed by atoms with Gasteiger partial charge in [-0.2, -0.15) is 0 Å². The third-order valence-corrected chi connectivity index (χ3v) is 16.7. The number of ether oxygens (including phenoxy) is 1. The number of halogens is 1. The summed E-state index contributed by atoms with van der Waals surface area (Å²) in [5.41, 5.74) is 1.64. The zero-order chi connectivity index (χ0) is 25.8. The number of hydrogen-bond acceptors (Lipinski definition) is 4. The topological polar surface area (TPSA) is 44.8 Å². The first-order valence-electron chi connectivity index (χ1n) is 12.4. The molecule has 4 nitrogen and oxygen atoms in total. The van der Waals surface area contributed by atoms with Crippen LogP contribution in [0.5, 0.6) is 0 Å². The molecule has 0 aromatic carbocycles. The molecule has 0 N–H and O–H groups in total. The highest BCUT2D eigenvalue weighted by Gasteiger charge is 2.48. The van der Waals surface area contributed by atoms with Crippen molar-refractivity contribution in [2.75, 3.05) is 13.3 Å². The first-order chi connectivity index (χ1) is 14.9. The molecule has 0 amide bonds. The number of carbonyl (C=O) groups excluding carboxylic acids is 1. The van der Waals surface area contributed by atoms with E-state index in [2.05, 4.69) is 74.3 Å². The number of rotatable bonds is 9. The van der Waals surface area contributed by atoms with Gasteiger partial charge in [-0.15, -0.1) is 0 Å². The highest BCUT2D eigenvalue weighted by molar-refractivity contribution is 6.74. The molecule has 1 aliphatic carbocycles. The molecule has 7 heteroatoms. The summed E-state index contributed by atoms with van der Waals surface area (Å²) in [6, 6.07) is 0. The Morgan fingerprint density at radius 1 is 1.06 bits per heavy atom. The molecule has 3 atom stereocenters. The van der Waals surface area contributed by atoms with Crippen LogP contribution in [-0.4, -0.2) is 48.1 Å². The minimum atomic E-state index is -2.17. The molecule has 33 heavy (non-hydrogen) atoms. The molecular formula is C26H49FO4Si2. The van der Waals surface area contributed by atoms with Crippen LogP contribution in [0.25, 0.3) is 0 Å². The van der Waals surface area contributed by atoms with E-state index in [1.165, 1.54) is 0 Å². The van der Waals surface area contributed by atoms with Crippen LogP contribution in [0.3, 0.4) is 0 Å². The zero-order valence-electron chi connectivity index (χ0n) is 23.1. The Labute approximate surface area is 204 Å². The Morgan fingerprint density at radius 3 is 2.03 bits per heavy atom. The van der Waals surface area contributed by atoms with Crippen LogP contribution >= 0.6 is 0 Å². The van der Waals surface area contributed by atoms with Crippen molar-refractivity contribution in [2.24, 2.45) is 5.92 Å². The quantitative estimate of drug-likeness (QED) is 0.186. The molecule has 1 aliphatic rings. The molecule has 0 radical (unpaired) electrons. The number of esters is 1. The molecule has 1 rings (SSSR count). The lowest BCUT2D eigenvalue weighted by molar-refractivity contribution is -0.137. The lowest BCUT2D eigenvalue weighted by atomic mass is 9.76. The molecule has 0 spiro atoms. The van der Waals surface area contributed by atoms with Gasteiger partial charge in [-0.3, -0.25) is 4.39 Å². The average molecular weight is 501 g/mol. The van der Waals surface area contributed by atoms with E-state index in [0.29, 0.717) is 25.9 Å². The molecule has 0 unspecified atom stereocenters. The lowest BCUT2D eigenvalue weighted by Gasteiger charge is -2.49. The molecule has 0 aromatic heterocycles. The Morgan fingerprint density at radius 2 is 1.58 bits per heavy atom. The number of carbonyl (C=O) groups is 1. The Bertz CT molecular complexity index is 717. The predicted molar refractivity (Wildman–Crippen MR) is 141 cm³/mol. The molecule has 0 heterocycles. The monoisotopic (exact) mass is 500 g/mol. The van der Waals surface area contributed by atoms with Gasteiger partial charge in [0.2, 0.25) is 0 Å². The van der Waals surface area contributed by atoms with Crippen LogP contribution in [0.15, 0.2) is 23.8 Å². The van der Waals surface area contributed by atoms with Crippen LogP contribution in [0.1, 0.15) is 67.7 Å². The maximum Gasteiger partial charge on any atom is 0.331 e. The van der Waals surface area contributed by atoms with E-state index in [1.807, 2.05) is 0 Å². The second-order valence-corrected chi connectivity index (χ2v) is 21.9. The molecular weight excluding hydrogens is 451 g/mol. The van der Waals surface area contributed by atoms with Gasteiger partial charge in [-0.25, -0.2) is 4.79 Å². The van der Waals surface area contributed by atoms with E-state index >= 15 is 0 Å². The average Bonchev–Trinajstić information content (AvgIpc) is 2.63. The van der Waals surface area contributed by atoms with E-state index in [1.54, 1.807) is 13.0 Å². The van der Waals surface area contributed by atoms with Crippen LogP contribution in [0.2, 0.25) is 36.3 Å². The fourth-order valence-electron chi connectivity index (χ4n) is 3.60. The van der Waals surface area contributed by atoms with E-state index in [0.717, 1.165) is 11.1 Å². The molecule has 0 aromatic rings. The SMILES string of the molecule is C=C1/C(=C\C(=O)OCC)C[C@@H](O[Si](C)(C)C(C)(C)C)[C@@H](CCCF)[C@H]1O[Si](C)(C)C(C)(C)C. The maximum atomic E-state index is 13.3. The van der Waals surface area contributed by atoms with Crippen molar-refractivity contribution in [1.29, 1.82) is 0 Å². The minimum Gasteiger partial charge on any atom is -0.463 e. The van der Waals surface area contributed by atoms with Crippen molar-refractivity contribution in [2.45, 2.75) is 116 Å². The summed E-state index contributed by atoms with van der Waals surface area (Å²) in [4.78, 5) is 12.4. The first kappa shape index (κ1) is 30.3. The molecule has 0 bridgehead atoms. The third kappa shape index (κ3) is 7.87. The van der Waals surface area contributed by atoms with Gasteiger partial charge in [-0.05, 0) is 73.6 Å². The van der Waals surface area contributed by atoms with Gasteiger partial charge in [0.05, 0.1) is 25.5 Å². The number of hydrogen-bond donors (Lipinski definition) is 0. The second kappa shape index (κ2) is 11.3. The predicted octanol–water partition coefficient (Wildman–Crippen LogP) is 7.58. The van der Waals surface area contributed by atoms with E-state index in [4.69, 9.17) is 13.6 Å². The van der Waals surface area contributed by atoms with Crippen molar-refractivity contribution in [3.63, 3.8) is 0 Å². The fraction of sp³-hybridized carbons (Fsp3) is 0.808. The maximum absolute atomic E-state index is 13.3. The highest BCUT2D eigenvalue weighted by Crippen LogP contribution is 2.47. The van der Waals surface area contributed by atoms with E-state index in [-0.39, 0.29) is 40.8 Å². The summed E-state index contributed by atoms with van der Waals surface area (Å²) in [5, 5.41) is 0.0447. The van der Waals surface area contributed by atoms with E-state index < -0.39 is 16.6 Å². The van der Waals surface area contributed by atoms with Gasteiger partial charge in [0.25, 0.3) is 0 Å². The van der Waals surface area contributed by atoms with Crippen LogP contribution in [0.4, 0.5) is 4.39 Å². The van der Waals surface area contributed by atoms with Crippen molar-refractivity contribution < 1.29 is 22.8 Å². The van der Waals surface area contributed by atoms with Crippen LogP contribution < -0.4 is 0 Å². The standard InChI is InChI=1S/C26H49FO4Si2/c1-13-29-23(28)18-20-17-22(30-32(9,10)25(3,4)5)21(15-14-16-27)24(19(20)2)31-33(11,12)26(6,7)8/h18,21-22,24H,2,13-17H2,1,3-12H3/b20-18-/t21-,22-,24+/m1/s1. The van der Waals surface area contributed by atoms with Gasteiger partial charge < -0.3 is 13.6 Å². The summed E-state index contributed by atoms with van der Waals surface area (Å²) >= 11 is 0. The molecule has 1 fully saturated rings. The van der Waals surface area contributed by atoms with Crippen LogP contribution in [0, 0.1) is 5.92 Å². The largest absolute Gasteiger partial charge is 0.463 e. The van der Waals surface area contributed by atoms with Gasteiger partial charge in [0, 0.05) is 12.0 Å². The van der Waals surface area contributed by atoms with Gasteiger partial charge >= 0.3 is 5.97 Å². The lowest BCUT2D eigenvalue weighted by Crippen LogP contribution is -2.53. The summed E-state index contributed by atoms with van der Waals surface area (Å²) in [5.74, 6) is -0.371. The van der Waals surface area contributed by atoms with Gasteiger partial charge in [0.15, 0.2) is 16.6 Å². The molecule has 0 saturated heterocycles. The zero-order valence-corrected chi connectivity index (χ0v) is 25.1. The van der Waals surface area contributed by atoms with Gasteiger partial charge in [0.1, 0.15) is 0 Å². The Kier molecular flexibility index (Phi) is 10.4. The van der Waals surface area contributed by atoms with E-state index in [9.17, 15) is 9.18 Å². The van der Waals surface area contributed by atoms with Crippen molar-refractivity contribution in [3.05, 3.63) is 23.8 Å². The second-order valence-electron chi connectivity index (χ2n) is 12.4. The summed E-state index contributed by atoms with van der Waals surface area (Å²) < 4.78 is 32.4.